The summed E-state index contributed by atoms with van der Waals surface area (Å²) < 4.78 is 0. The van der Waals surface area contributed by atoms with E-state index in [9.17, 15) is 4.79 Å². The SMILES string of the molecule is C=CCC(=O)NC(C(=CC)CC(C)C)C(C)C. The van der Waals surface area contributed by atoms with Gasteiger partial charge in [-0.05, 0) is 25.2 Å². The molecule has 0 fully saturated rings. The maximum atomic E-state index is 11.7. The molecule has 1 unspecified atom stereocenters. The molecule has 17 heavy (non-hydrogen) atoms. The van der Waals surface area contributed by atoms with Crippen molar-refractivity contribution in [1.29, 1.82) is 0 Å². The van der Waals surface area contributed by atoms with Gasteiger partial charge < -0.3 is 5.32 Å². The third-order valence-electron chi connectivity index (χ3n) is 2.73. The number of hydrogen-bond donors (Lipinski definition) is 1. The van der Waals surface area contributed by atoms with Crippen molar-refractivity contribution in [3.63, 3.8) is 0 Å². The molecule has 0 saturated heterocycles. The fourth-order valence-electron chi connectivity index (χ4n) is 1.95. The molecule has 0 aromatic rings. The predicted molar refractivity (Wildman–Crippen MR) is 74.8 cm³/mol. The summed E-state index contributed by atoms with van der Waals surface area (Å²) in [5.41, 5.74) is 1.33. The lowest BCUT2D eigenvalue weighted by Gasteiger charge is -2.26. The Kier molecular flexibility index (Phi) is 7.60. The fraction of sp³-hybridized carbons (Fsp3) is 0.667. The summed E-state index contributed by atoms with van der Waals surface area (Å²) in [6, 6.07) is 0.148. The van der Waals surface area contributed by atoms with E-state index in [0.29, 0.717) is 18.3 Å². The second-order valence-electron chi connectivity index (χ2n) is 5.24. The van der Waals surface area contributed by atoms with Gasteiger partial charge in [-0.1, -0.05) is 45.4 Å². The van der Waals surface area contributed by atoms with E-state index < -0.39 is 0 Å². The summed E-state index contributed by atoms with van der Waals surface area (Å²) in [5.74, 6) is 1.08. The molecule has 0 heterocycles. The minimum absolute atomic E-state index is 0.0572. The molecule has 2 nitrogen and oxygen atoms in total. The van der Waals surface area contributed by atoms with Crippen LogP contribution in [0, 0.1) is 11.8 Å². The van der Waals surface area contributed by atoms with Gasteiger partial charge in [-0.3, -0.25) is 4.79 Å². The van der Waals surface area contributed by atoms with Gasteiger partial charge >= 0.3 is 0 Å². The monoisotopic (exact) mass is 237 g/mol. The van der Waals surface area contributed by atoms with E-state index in [4.69, 9.17) is 0 Å². The molecule has 0 radical (unpaired) electrons. The van der Waals surface area contributed by atoms with Crippen LogP contribution in [0.4, 0.5) is 0 Å². The summed E-state index contributed by atoms with van der Waals surface area (Å²) in [6.45, 7) is 14.3. The first-order chi connectivity index (χ1) is 7.92. The normalized spacial score (nSPS) is 13.9. The molecule has 0 rings (SSSR count). The Morgan fingerprint density at radius 3 is 2.24 bits per heavy atom. The number of amides is 1. The van der Waals surface area contributed by atoms with Crippen molar-refractivity contribution in [2.75, 3.05) is 0 Å². The summed E-state index contributed by atoms with van der Waals surface area (Å²) in [4.78, 5) is 11.7. The van der Waals surface area contributed by atoms with Gasteiger partial charge in [0, 0.05) is 6.42 Å². The van der Waals surface area contributed by atoms with Crippen molar-refractivity contribution < 1.29 is 4.79 Å². The van der Waals surface area contributed by atoms with E-state index in [1.165, 1.54) is 5.57 Å². The van der Waals surface area contributed by atoms with Crippen molar-refractivity contribution in [2.45, 2.75) is 53.5 Å². The van der Waals surface area contributed by atoms with Crippen LogP contribution in [0.15, 0.2) is 24.3 Å². The molecule has 1 atom stereocenters. The highest BCUT2D eigenvalue weighted by Gasteiger charge is 2.20. The van der Waals surface area contributed by atoms with Gasteiger partial charge in [0.2, 0.25) is 5.91 Å². The zero-order valence-electron chi connectivity index (χ0n) is 11.9. The number of carbonyl (C=O) groups is 1. The van der Waals surface area contributed by atoms with Gasteiger partial charge in [-0.2, -0.15) is 0 Å². The minimum Gasteiger partial charge on any atom is -0.349 e. The smallest absolute Gasteiger partial charge is 0.224 e. The Balaban J connectivity index is 4.70. The first-order valence-corrected chi connectivity index (χ1v) is 6.47. The van der Waals surface area contributed by atoms with Gasteiger partial charge in [-0.15, -0.1) is 6.58 Å². The van der Waals surface area contributed by atoms with Crippen LogP contribution in [-0.2, 0) is 4.79 Å². The Bertz CT molecular complexity index is 277. The number of hydrogen-bond acceptors (Lipinski definition) is 1. The van der Waals surface area contributed by atoms with Crippen molar-refractivity contribution in [2.24, 2.45) is 11.8 Å². The molecule has 0 aliphatic rings. The van der Waals surface area contributed by atoms with Crippen LogP contribution in [0.5, 0.6) is 0 Å². The average molecular weight is 237 g/mol. The lowest BCUT2D eigenvalue weighted by molar-refractivity contribution is -0.121. The lowest BCUT2D eigenvalue weighted by atomic mass is 9.89. The van der Waals surface area contributed by atoms with Gasteiger partial charge in [0.1, 0.15) is 0 Å². The van der Waals surface area contributed by atoms with Gasteiger partial charge in [0.05, 0.1) is 6.04 Å². The molecule has 0 saturated carbocycles. The predicted octanol–water partition coefficient (Wildman–Crippen LogP) is 3.70. The van der Waals surface area contributed by atoms with Crippen LogP contribution >= 0.6 is 0 Å². The first kappa shape index (κ1) is 16.0. The number of nitrogens with one attached hydrogen (secondary N) is 1. The van der Waals surface area contributed by atoms with E-state index in [1.807, 2.05) is 6.92 Å². The summed E-state index contributed by atoms with van der Waals surface area (Å²) in [7, 11) is 0. The summed E-state index contributed by atoms with van der Waals surface area (Å²) in [6.07, 6.45) is 5.21. The summed E-state index contributed by atoms with van der Waals surface area (Å²) >= 11 is 0. The molecule has 0 bridgehead atoms. The second kappa shape index (κ2) is 8.10. The van der Waals surface area contributed by atoms with Crippen LogP contribution < -0.4 is 5.32 Å². The minimum atomic E-state index is 0.0572. The molecule has 0 aromatic carbocycles. The third-order valence-corrected chi connectivity index (χ3v) is 2.73. The topological polar surface area (TPSA) is 29.1 Å². The van der Waals surface area contributed by atoms with E-state index in [-0.39, 0.29) is 11.9 Å². The van der Waals surface area contributed by atoms with Gasteiger partial charge in [0.25, 0.3) is 0 Å². The fourth-order valence-corrected chi connectivity index (χ4v) is 1.95. The zero-order valence-corrected chi connectivity index (χ0v) is 11.9. The lowest BCUT2D eigenvalue weighted by Crippen LogP contribution is -2.40. The van der Waals surface area contributed by atoms with Crippen molar-refractivity contribution >= 4 is 5.91 Å². The molecule has 2 heteroatoms. The standard InChI is InChI=1S/C15H27NO/c1-7-9-14(17)16-15(12(5)6)13(8-2)10-11(3)4/h7-8,11-12,15H,1,9-10H2,2-6H3,(H,16,17). The molecule has 1 amide bonds. The summed E-state index contributed by atoms with van der Waals surface area (Å²) in [5, 5.41) is 3.10. The van der Waals surface area contributed by atoms with Crippen LogP contribution in [0.3, 0.4) is 0 Å². The van der Waals surface area contributed by atoms with E-state index >= 15 is 0 Å². The van der Waals surface area contributed by atoms with E-state index in [2.05, 4.69) is 45.7 Å². The highest BCUT2D eigenvalue weighted by Crippen LogP contribution is 2.20. The van der Waals surface area contributed by atoms with Crippen molar-refractivity contribution in [1.82, 2.24) is 5.32 Å². The number of allylic oxidation sites excluding steroid dienone is 1. The molecule has 0 aromatic heterocycles. The Morgan fingerprint density at radius 2 is 1.88 bits per heavy atom. The average Bonchev–Trinajstić information content (AvgIpc) is 2.22. The van der Waals surface area contributed by atoms with E-state index in [0.717, 1.165) is 6.42 Å². The maximum Gasteiger partial charge on any atom is 0.224 e. The molecule has 1 N–H and O–H groups in total. The largest absolute Gasteiger partial charge is 0.349 e. The second-order valence-corrected chi connectivity index (χ2v) is 5.24. The molecule has 0 spiro atoms. The molecule has 0 aliphatic carbocycles. The van der Waals surface area contributed by atoms with Crippen molar-refractivity contribution in [3.05, 3.63) is 24.3 Å². The maximum absolute atomic E-state index is 11.7. The van der Waals surface area contributed by atoms with Gasteiger partial charge in [-0.25, -0.2) is 0 Å². The Hall–Kier alpha value is -1.05. The van der Waals surface area contributed by atoms with Gasteiger partial charge in [0.15, 0.2) is 0 Å². The Morgan fingerprint density at radius 1 is 1.29 bits per heavy atom. The third kappa shape index (κ3) is 6.30. The van der Waals surface area contributed by atoms with Crippen LogP contribution in [0.2, 0.25) is 0 Å². The molecule has 0 aliphatic heterocycles. The number of carbonyl (C=O) groups excluding carboxylic acids is 1. The zero-order chi connectivity index (χ0) is 13.4. The van der Waals surface area contributed by atoms with Crippen LogP contribution in [0.1, 0.15) is 47.5 Å². The molecular formula is C15H27NO. The first-order valence-electron chi connectivity index (χ1n) is 6.47. The quantitative estimate of drug-likeness (QED) is 0.672. The van der Waals surface area contributed by atoms with Crippen LogP contribution in [-0.4, -0.2) is 11.9 Å². The van der Waals surface area contributed by atoms with Crippen LogP contribution in [0.25, 0.3) is 0 Å². The Labute approximate surface area is 106 Å². The highest BCUT2D eigenvalue weighted by atomic mass is 16.1. The number of rotatable bonds is 7. The highest BCUT2D eigenvalue weighted by molar-refractivity contribution is 5.78. The van der Waals surface area contributed by atoms with E-state index in [1.54, 1.807) is 6.08 Å². The van der Waals surface area contributed by atoms with Crippen molar-refractivity contribution in [3.8, 4) is 0 Å². The molecular weight excluding hydrogens is 210 g/mol. The molecule has 98 valence electrons.